The Morgan fingerprint density at radius 2 is 1.88 bits per heavy atom. The number of hydrogen-bond acceptors (Lipinski definition) is 7. The van der Waals surface area contributed by atoms with Gasteiger partial charge < -0.3 is 13.7 Å². The van der Waals surface area contributed by atoms with Crippen LogP contribution in [0.25, 0.3) is 22.4 Å². The molecule has 3 aromatic heterocycles. The Balaban J connectivity index is 1.52. The SMILES string of the molecule is Cc1cccc(OCC(=O)NNC(=O)c2cc(-c3cc(C)oc3C)nc3onc(C)c23)c1. The molecule has 0 saturated carbocycles. The van der Waals surface area contributed by atoms with Crippen LogP contribution in [0, 0.1) is 27.7 Å². The fourth-order valence-corrected chi connectivity index (χ4v) is 3.38. The first kappa shape index (κ1) is 21.1. The number of aromatic nitrogens is 2. The van der Waals surface area contributed by atoms with Crippen LogP contribution in [-0.2, 0) is 4.79 Å². The summed E-state index contributed by atoms with van der Waals surface area (Å²) in [5.74, 6) is 0.914. The molecule has 2 N–H and O–H groups in total. The van der Waals surface area contributed by atoms with E-state index in [-0.39, 0.29) is 17.9 Å². The molecule has 0 spiro atoms. The van der Waals surface area contributed by atoms with Crippen LogP contribution in [0.4, 0.5) is 0 Å². The van der Waals surface area contributed by atoms with E-state index in [4.69, 9.17) is 13.7 Å². The molecule has 9 nitrogen and oxygen atoms in total. The van der Waals surface area contributed by atoms with Crippen molar-refractivity contribution in [2.45, 2.75) is 27.7 Å². The van der Waals surface area contributed by atoms with Gasteiger partial charge >= 0.3 is 0 Å². The monoisotopic (exact) mass is 434 g/mol. The number of nitrogens with zero attached hydrogens (tertiary/aromatic N) is 2. The highest BCUT2D eigenvalue weighted by Crippen LogP contribution is 2.30. The Bertz CT molecular complexity index is 1320. The maximum absolute atomic E-state index is 12.9. The number of ether oxygens (including phenoxy) is 1. The number of aryl methyl sites for hydroxylation is 4. The largest absolute Gasteiger partial charge is 0.484 e. The maximum atomic E-state index is 12.9. The zero-order valence-electron chi connectivity index (χ0n) is 18.1. The molecule has 1 aromatic carbocycles. The van der Waals surface area contributed by atoms with Crippen LogP contribution in [0.1, 0.15) is 33.1 Å². The zero-order chi connectivity index (χ0) is 22.8. The summed E-state index contributed by atoms with van der Waals surface area (Å²) in [6, 6.07) is 10.8. The van der Waals surface area contributed by atoms with Gasteiger partial charge in [-0.2, -0.15) is 0 Å². The second-order valence-corrected chi connectivity index (χ2v) is 7.44. The number of hydrazine groups is 1. The lowest BCUT2D eigenvalue weighted by Crippen LogP contribution is -2.43. The summed E-state index contributed by atoms with van der Waals surface area (Å²) in [5, 5.41) is 4.39. The Kier molecular flexibility index (Phi) is 5.63. The Morgan fingerprint density at radius 1 is 1.06 bits per heavy atom. The van der Waals surface area contributed by atoms with Crippen molar-refractivity contribution >= 4 is 22.9 Å². The van der Waals surface area contributed by atoms with Gasteiger partial charge in [0.25, 0.3) is 17.5 Å². The van der Waals surface area contributed by atoms with Crippen LogP contribution in [0.5, 0.6) is 5.75 Å². The van der Waals surface area contributed by atoms with E-state index in [0.717, 1.165) is 16.9 Å². The van der Waals surface area contributed by atoms with Gasteiger partial charge in [0, 0.05) is 5.56 Å². The number of furan rings is 1. The molecule has 9 heteroatoms. The van der Waals surface area contributed by atoms with Gasteiger partial charge in [0.05, 0.1) is 22.3 Å². The third kappa shape index (κ3) is 4.31. The molecule has 0 radical (unpaired) electrons. The summed E-state index contributed by atoms with van der Waals surface area (Å²) in [6.45, 7) is 7.03. The van der Waals surface area contributed by atoms with E-state index in [0.29, 0.717) is 28.3 Å². The number of hydrogen-bond donors (Lipinski definition) is 2. The molecular formula is C23H22N4O5. The average molecular weight is 434 g/mol. The molecule has 0 bridgehead atoms. The molecule has 0 fully saturated rings. The van der Waals surface area contributed by atoms with Crippen molar-refractivity contribution in [3.8, 4) is 17.0 Å². The molecule has 2 amide bonds. The van der Waals surface area contributed by atoms with E-state index in [9.17, 15) is 9.59 Å². The molecular weight excluding hydrogens is 412 g/mol. The van der Waals surface area contributed by atoms with Crippen LogP contribution < -0.4 is 15.6 Å². The summed E-state index contributed by atoms with van der Waals surface area (Å²) in [7, 11) is 0. The third-order valence-corrected chi connectivity index (χ3v) is 4.85. The highest BCUT2D eigenvalue weighted by Gasteiger charge is 2.21. The lowest BCUT2D eigenvalue weighted by atomic mass is 10.1. The molecule has 32 heavy (non-hydrogen) atoms. The first-order chi connectivity index (χ1) is 15.3. The van der Waals surface area contributed by atoms with Gasteiger partial charge in [0.2, 0.25) is 0 Å². The lowest BCUT2D eigenvalue weighted by molar-refractivity contribution is -0.123. The van der Waals surface area contributed by atoms with E-state index >= 15 is 0 Å². The minimum Gasteiger partial charge on any atom is -0.484 e. The van der Waals surface area contributed by atoms with E-state index in [1.807, 2.05) is 45.0 Å². The van der Waals surface area contributed by atoms with Crippen molar-refractivity contribution < 1.29 is 23.3 Å². The van der Waals surface area contributed by atoms with Crippen molar-refractivity contribution in [1.29, 1.82) is 0 Å². The molecule has 0 aliphatic carbocycles. The van der Waals surface area contributed by atoms with Crippen molar-refractivity contribution in [2.24, 2.45) is 0 Å². The first-order valence-electron chi connectivity index (χ1n) is 9.95. The number of carbonyl (C=O) groups is 2. The third-order valence-electron chi connectivity index (χ3n) is 4.85. The molecule has 0 saturated heterocycles. The zero-order valence-corrected chi connectivity index (χ0v) is 18.1. The number of carbonyl (C=O) groups excluding carboxylic acids is 2. The summed E-state index contributed by atoms with van der Waals surface area (Å²) in [5.41, 5.74) is 8.03. The summed E-state index contributed by atoms with van der Waals surface area (Å²) < 4.78 is 16.3. The van der Waals surface area contributed by atoms with Crippen LogP contribution in [0.3, 0.4) is 0 Å². The predicted molar refractivity (Wildman–Crippen MR) is 116 cm³/mol. The summed E-state index contributed by atoms with van der Waals surface area (Å²) in [4.78, 5) is 29.5. The number of fused-ring (bicyclic) bond motifs is 1. The molecule has 4 rings (SSSR count). The predicted octanol–water partition coefficient (Wildman–Crippen LogP) is 3.56. The Morgan fingerprint density at radius 3 is 2.59 bits per heavy atom. The smallest absolute Gasteiger partial charge is 0.276 e. The maximum Gasteiger partial charge on any atom is 0.276 e. The fraction of sp³-hybridized carbons (Fsp3) is 0.217. The van der Waals surface area contributed by atoms with Gasteiger partial charge in [0.1, 0.15) is 17.3 Å². The van der Waals surface area contributed by atoms with Crippen LogP contribution in [-0.4, -0.2) is 28.6 Å². The molecule has 0 atom stereocenters. The molecule has 4 aromatic rings. The average Bonchev–Trinajstić information content (AvgIpc) is 3.31. The quantitative estimate of drug-likeness (QED) is 0.461. The van der Waals surface area contributed by atoms with E-state index in [1.54, 1.807) is 19.1 Å². The van der Waals surface area contributed by atoms with Crippen LogP contribution in [0.2, 0.25) is 0 Å². The number of amides is 2. The van der Waals surface area contributed by atoms with Gasteiger partial charge in [-0.1, -0.05) is 17.3 Å². The minimum atomic E-state index is -0.535. The van der Waals surface area contributed by atoms with Gasteiger partial charge in [0.15, 0.2) is 6.61 Å². The molecule has 3 heterocycles. The van der Waals surface area contributed by atoms with Gasteiger partial charge in [-0.3, -0.25) is 20.4 Å². The van der Waals surface area contributed by atoms with Crippen molar-refractivity contribution in [2.75, 3.05) is 6.61 Å². The molecule has 0 unspecified atom stereocenters. The highest BCUT2D eigenvalue weighted by atomic mass is 16.5. The summed E-state index contributed by atoms with van der Waals surface area (Å²) in [6.07, 6.45) is 0. The Labute approximate surface area is 183 Å². The standard InChI is InChI=1S/C23H22N4O5/c1-12-6-5-7-16(8-12)30-11-20(28)25-26-22(29)18-10-19(17-9-13(2)31-15(17)4)24-23-21(18)14(3)27-32-23/h5-10H,11H2,1-4H3,(H,25,28)(H,26,29). The number of rotatable bonds is 5. The minimum absolute atomic E-state index is 0.220. The van der Waals surface area contributed by atoms with Crippen molar-refractivity contribution in [3.63, 3.8) is 0 Å². The lowest BCUT2D eigenvalue weighted by Gasteiger charge is -2.10. The van der Waals surface area contributed by atoms with Crippen molar-refractivity contribution in [1.82, 2.24) is 21.0 Å². The van der Waals surface area contributed by atoms with E-state index in [2.05, 4.69) is 21.0 Å². The number of pyridine rings is 1. The van der Waals surface area contributed by atoms with Gasteiger partial charge in [-0.25, -0.2) is 4.98 Å². The molecule has 0 aliphatic rings. The molecule has 0 aliphatic heterocycles. The normalized spacial score (nSPS) is 10.9. The topological polar surface area (TPSA) is 119 Å². The van der Waals surface area contributed by atoms with E-state index < -0.39 is 11.8 Å². The second kappa shape index (κ2) is 8.54. The number of nitrogens with one attached hydrogen (secondary N) is 2. The van der Waals surface area contributed by atoms with E-state index in [1.165, 1.54) is 0 Å². The first-order valence-corrected chi connectivity index (χ1v) is 9.95. The number of benzene rings is 1. The highest BCUT2D eigenvalue weighted by molar-refractivity contribution is 6.07. The van der Waals surface area contributed by atoms with Crippen molar-refractivity contribution in [3.05, 3.63) is 64.7 Å². The fourth-order valence-electron chi connectivity index (χ4n) is 3.38. The van der Waals surface area contributed by atoms with Crippen LogP contribution in [0.15, 0.2) is 45.3 Å². The van der Waals surface area contributed by atoms with Gasteiger partial charge in [-0.05, 0) is 57.5 Å². The van der Waals surface area contributed by atoms with Crippen LogP contribution >= 0.6 is 0 Å². The Hall–Kier alpha value is -4.14. The molecule has 164 valence electrons. The van der Waals surface area contributed by atoms with Gasteiger partial charge in [-0.15, -0.1) is 0 Å². The summed E-state index contributed by atoms with van der Waals surface area (Å²) >= 11 is 0. The second-order valence-electron chi connectivity index (χ2n) is 7.44.